The molecule has 0 aliphatic heterocycles. The number of aromatic nitrogens is 2. The second-order valence-electron chi connectivity index (χ2n) is 4.53. The van der Waals surface area contributed by atoms with Gasteiger partial charge in [0.2, 0.25) is 15.2 Å². The highest BCUT2D eigenvalue weighted by molar-refractivity contribution is 8.01. The number of benzene rings is 1. The normalized spacial score (nSPS) is 11.8. The summed E-state index contributed by atoms with van der Waals surface area (Å²) in [7, 11) is -3.51. The lowest BCUT2D eigenvalue weighted by Gasteiger charge is -2.04. The molecule has 2 rings (SSSR count). The van der Waals surface area contributed by atoms with Gasteiger partial charge < -0.3 is 0 Å². The molecule has 0 fully saturated rings. The monoisotopic (exact) mass is 363 g/mol. The van der Waals surface area contributed by atoms with Gasteiger partial charge >= 0.3 is 0 Å². The number of nitrogens with zero attached hydrogens (tertiary/aromatic N) is 2. The van der Waals surface area contributed by atoms with E-state index in [4.69, 9.17) is 11.6 Å². The third kappa shape index (κ3) is 5.46. The summed E-state index contributed by atoms with van der Waals surface area (Å²) in [5.41, 5.74) is 0.660. The van der Waals surface area contributed by atoms with E-state index in [1.165, 1.54) is 11.3 Å². The number of rotatable bonds is 6. The fraction of sp³-hybridized carbons (Fsp3) is 0.333. The van der Waals surface area contributed by atoms with Crippen molar-refractivity contribution in [3.8, 4) is 0 Å². The van der Waals surface area contributed by atoms with E-state index in [-0.39, 0.29) is 10.9 Å². The van der Waals surface area contributed by atoms with Crippen LogP contribution in [0.4, 0.5) is 5.13 Å². The van der Waals surface area contributed by atoms with Crippen molar-refractivity contribution >= 4 is 49.9 Å². The molecule has 0 radical (unpaired) electrons. The number of nitrogens with one attached hydrogen (secondary N) is 1. The van der Waals surface area contributed by atoms with Crippen molar-refractivity contribution in [3.05, 3.63) is 34.9 Å². The van der Waals surface area contributed by atoms with E-state index in [0.717, 1.165) is 4.34 Å². The number of anilines is 1. The van der Waals surface area contributed by atoms with Crippen molar-refractivity contribution in [3.63, 3.8) is 0 Å². The highest BCUT2D eigenvalue weighted by atomic mass is 35.5. The van der Waals surface area contributed by atoms with Gasteiger partial charge in [-0.1, -0.05) is 60.7 Å². The lowest BCUT2D eigenvalue weighted by Crippen LogP contribution is -2.14. The Labute approximate surface area is 137 Å². The van der Waals surface area contributed by atoms with E-state index in [1.54, 1.807) is 36.0 Å². The Morgan fingerprint density at radius 2 is 1.95 bits per heavy atom. The fourth-order valence-electron chi connectivity index (χ4n) is 1.47. The number of hydrogen-bond acceptors (Lipinski definition) is 6. The summed E-state index contributed by atoms with van der Waals surface area (Å²) in [6.45, 7) is 4.08. The predicted octanol–water partition coefficient (Wildman–Crippen LogP) is 3.63. The molecule has 114 valence electrons. The Morgan fingerprint density at radius 3 is 2.57 bits per heavy atom. The van der Waals surface area contributed by atoms with Crippen LogP contribution < -0.4 is 4.72 Å². The first-order valence-electron chi connectivity index (χ1n) is 6.09. The van der Waals surface area contributed by atoms with Crippen LogP contribution in [0.2, 0.25) is 5.02 Å². The minimum Gasteiger partial charge on any atom is -0.257 e. The lowest BCUT2D eigenvalue weighted by molar-refractivity contribution is 0.600. The summed E-state index contributed by atoms with van der Waals surface area (Å²) >= 11 is 8.55. The minimum atomic E-state index is -3.51. The first kappa shape index (κ1) is 16.5. The summed E-state index contributed by atoms with van der Waals surface area (Å²) in [6.07, 6.45) is 0. The van der Waals surface area contributed by atoms with Gasteiger partial charge in [-0.2, -0.15) is 0 Å². The van der Waals surface area contributed by atoms with Crippen molar-refractivity contribution in [2.45, 2.75) is 29.2 Å². The van der Waals surface area contributed by atoms with E-state index in [2.05, 4.69) is 14.9 Å². The first-order valence-corrected chi connectivity index (χ1v) is 9.82. The van der Waals surface area contributed by atoms with Crippen molar-refractivity contribution in [1.82, 2.24) is 10.2 Å². The molecule has 0 bridgehead atoms. The van der Waals surface area contributed by atoms with Gasteiger partial charge in [-0.3, -0.25) is 4.72 Å². The van der Waals surface area contributed by atoms with Crippen molar-refractivity contribution in [1.29, 1.82) is 0 Å². The molecule has 0 spiro atoms. The van der Waals surface area contributed by atoms with Crippen LogP contribution in [0.5, 0.6) is 0 Å². The minimum absolute atomic E-state index is 0.129. The smallest absolute Gasteiger partial charge is 0.238 e. The molecule has 0 aliphatic carbocycles. The maximum atomic E-state index is 12.1. The van der Waals surface area contributed by atoms with E-state index in [1.807, 2.05) is 13.8 Å². The molecule has 1 aromatic carbocycles. The van der Waals surface area contributed by atoms with Crippen molar-refractivity contribution in [2.75, 3.05) is 4.72 Å². The second kappa shape index (κ2) is 6.95. The van der Waals surface area contributed by atoms with Gasteiger partial charge in [0.05, 0.1) is 5.75 Å². The fourth-order valence-corrected chi connectivity index (χ4v) is 4.98. The van der Waals surface area contributed by atoms with E-state index in [9.17, 15) is 8.42 Å². The van der Waals surface area contributed by atoms with Gasteiger partial charge in [0.25, 0.3) is 0 Å². The van der Waals surface area contributed by atoms with Crippen LogP contribution in [0.15, 0.2) is 28.6 Å². The number of sulfonamides is 1. The van der Waals surface area contributed by atoms with E-state index in [0.29, 0.717) is 15.8 Å². The van der Waals surface area contributed by atoms with Crippen LogP contribution in [0, 0.1) is 0 Å². The zero-order chi connectivity index (χ0) is 15.5. The van der Waals surface area contributed by atoms with Crippen LogP contribution in [0.25, 0.3) is 0 Å². The first-order chi connectivity index (χ1) is 9.84. The Bertz CT molecular complexity index is 699. The van der Waals surface area contributed by atoms with E-state index >= 15 is 0 Å². The molecule has 1 aromatic heterocycles. The summed E-state index contributed by atoms with van der Waals surface area (Å²) in [5, 5.41) is 9.02. The molecular weight excluding hydrogens is 350 g/mol. The van der Waals surface area contributed by atoms with Crippen LogP contribution in [-0.4, -0.2) is 23.9 Å². The maximum absolute atomic E-state index is 12.1. The van der Waals surface area contributed by atoms with Gasteiger partial charge in [0.1, 0.15) is 0 Å². The van der Waals surface area contributed by atoms with Crippen LogP contribution in [-0.2, 0) is 15.8 Å². The van der Waals surface area contributed by atoms with Crippen molar-refractivity contribution in [2.24, 2.45) is 0 Å². The second-order valence-corrected chi connectivity index (χ2v) is 9.49. The van der Waals surface area contributed by atoms with Crippen molar-refractivity contribution < 1.29 is 8.42 Å². The third-order valence-electron chi connectivity index (χ3n) is 2.26. The SMILES string of the molecule is CC(C)Sc1nnc(NS(=O)(=O)Cc2ccc(Cl)cc2)s1. The molecule has 9 heteroatoms. The van der Waals surface area contributed by atoms with Crippen LogP contribution >= 0.6 is 34.7 Å². The highest BCUT2D eigenvalue weighted by Gasteiger charge is 2.15. The maximum Gasteiger partial charge on any atom is 0.238 e. The van der Waals surface area contributed by atoms with Gasteiger partial charge in [-0.15, -0.1) is 10.2 Å². The average molecular weight is 364 g/mol. The zero-order valence-corrected chi connectivity index (χ0v) is 14.6. The molecule has 0 atom stereocenters. The molecule has 0 saturated heterocycles. The lowest BCUT2D eigenvalue weighted by atomic mass is 10.2. The van der Waals surface area contributed by atoms with Gasteiger partial charge in [-0.25, -0.2) is 8.42 Å². The Morgan fingerprint density at radius 1 is 1.29 bits per heavy atom. The number of halogens is 1. The summed E-state index contributed by atoms with van der Waals surface area (Å²) in [5.74, 6) is -0.129. The summed E-state index contributed by atoms with van der Waals surface area (Å²) < 4.78 is 27.3. The van der Waals surface area contributed by atoms with E-state index < -0.39 is 10.0 Å². The molecular formula is C12H14ClN3O2S3. The van der Waals surface area contributed by atoms with Gasteiger partial charge in [-0.05, 0) is 17.7 Å². The highest BCUT2D eigenvalue weighted by Crippen LogP contribution is 2.29. The number of thioether (sulfide) groups is 1. The molecule has 2 aromatic rings. The van der Waals surface area contributed by atoms with Crippen LogP contribution in [0.1, 0.15) is 19.4 Å². The topological polar surface area (TPSA) is 72.0 Å². The summed E-state index contributed by atoms with van der Waals surface area (Å²) in [4.78, 5) is 0. The average Bonchev–Trinajstić information content (AvgIpc) is 2.77. The largest absolute Gasteiger partial charge is 0.257 e. The molecule has 0 saturated carbocycles. The molecule has 0 aliphatic rings. The quantitative estimate of drug-likeness (QED) is 0.793. The molecule has 0 unspecified atom stereocenters. The molecule has 1 N–H and O–H groups in total. The predicted molar refractivity (Wildman–Crippen MR) is 88.6 cm³/mol. The Kier molecular flexibility index (Phi) is 5.48. The third-order valence-corrected chi connectivity index (χ3v) is 5.78. The molecule has 0 amide bonds. The van der Waals surface area contributed by atoms with Crippen LogP contribution in [0.3, 0.4) is 0 Å². The standard InChI is InChI=1S/C12H14ClN3O2S3/c1-8(2)19-12-15-14-11(20-12)16-21(17,18)7-9-3-5-10(13)6-4-9/h3-6,8H,7H2,1-2H3,(H,14,16). The zero-order valence-electron chi connectivity index (χ0n) is 11.4. The molecule has 5 nitrogen and oxygen atoms in total. The molecule has 1 heterocycles. The number of hydrogen-bond donors (Lipinski definition) is 1. The van der Waals surface area contributed by atoms with Gasteiger partial charge in [0.15, 0.2) is 4.34 Å². The van der Waals surface area contributed by atoms with Gasteiger partial charge in [0, 0.05) is 10.3 Å². The Balaban J connectivity index is 2.03. The Hall–Kier alpha value is -0.830. The molecule has 21 heavy (non-hydrogen) atoms. The summed E-state index contributed by atoms with van der Waals surface area (Å²) in [6, 6.07) is 6.69.